The number of hydrogen-bond donors (Lipinski definition) is 1. The highest BCUT2D eigenvalue weighted by Gasteiger charge is 2.60. The van der Waals surface area contributed by atoms with Gasteiger partial charge in [0, 0.05) is 43.8 Å². The summed E-state index contributed by atoms with van der Waals surface area (Å²) in [6.45, 7) is 9.91. The van der Waals surface area contributed by atoms with Gasteiger partial charge in [0.2, 0.25) is 0 Å². The number of nitrogens with one attached hydrogen (secondary N) is 1. The average molecular weight is 402 g/mol. The molecule has 0 radical (unpaired) electrons. The Bertz CT molecular complexity index is 1100. The predicted octanol–water partition coefficient (Wildman–Crippen LogP) is 3.38. The zero-order chi connectivity index (χ0) is 20.8. The number of aliphatic imine (C=N–C) groups is 1. The van der Waals surface area contributed by atoms with E-state index in [9.17, 15) is 0 Å². The van der Waals surface area contributed by atoms with Crippen LogP contribution in [0.2, 0.25) is 0 Å². The van der Waals surface area contributed by atoms with E-state index in [2.05, 4.69) is 56.1 Å². The molecule has 7 nitrogen and oxygen atoms in total. The fourth-order valence-corrected chi connectivity index (χ4v) is 4.78. The third-order valence-electron chi connectivity index (χ3n) is 6.30. The van der Waals surface area contributed by atoms with Gasteiger partial charge < -0.3 is 10.2 Å². The van der Waals surface area contributed by atoms with Crippen LogP contribution in [0.3, 0.4) is 0 Å². The number of fused-ring (bicyclic) bond motifs is 1. The number of hydrogen-bond acceptors (Lipinski definition) is 7. The number of anilines is 1. The Labute approximate surface area is 176 Å². The Morgan fingerprint density at radius 1 is 1.13 bits per heavy atom. The maximum atomic E-state index is 4.69. The van der Waals surface area contributed by atoms with E-state index in [0.717, 1.165) is 41.9 Å². The lowest BCUT2D eigenvalue weighted by molar-refractivity contribution is 0.282. The fraction of sp³-hybridized carbons (Fsp3) is 0.435. The van der Waals surface area contributed by atoms with E-state index in [0.29, 0.717) is 17.2 Å². The lowest BCUT2D eigenvalue weighted by atomic mass is 9.86. The van der Waals surface area contributed by atoms with Crippen LogP contribution in [-0.2, 0) is 0 Å². The molecule has 5 rings (SSSR count). The number of nitrogens with zero attached hydrogens (tertiary/aromatic N) is 6. The average Bonchev–Trinajstić information content (AvgIpc) is 3.45. The van der Waals surface area contributed by atoms with Crippen molar-refractivity contribution in [1.82, 2.24) is 25.5 Å². The fourth-order valence-electron chi connectivity index (χ4n) is 4.78. The molecule has 0 bridgehead atoms. The molecule has 3 aromatic rings. The van der Waals surface area contributed by atoms with Gasteiger partial charge >= 0.3 is 0 Å². The highest BCUT2D eigenvalue weighted by molar-refractivity contribution is 5.88. The van der Waals surface area contributed by atoms with Crippen molar-refractivity contribution < 1.29 is 0 Å². The Morgan fingerprint density at radius 3 is 2.77 bits per heavy atom. The van der Waals surface area contributed by atoms with Crippen molar-refractivity contribution in [1.29, 1.82) is 0 Å². The maximum absolute atomic E-state index is 4.69. The molecule has 2 fully saturated rings. The van der Waals surface area contributed by atoms with Gasteiger partial charge in [-0.05, 0) is 41.5 Å². The van der Waals surface area contributed by atoms with Gasteiger partial charge in [-0.15, -0.1) is 5.10 Å². The number of benzene rings is 1. The van der Waals surface area contributed by atoms with Crippen molar-refractivity contribution >= 4 is 28.8 Å². The first-order valence-electron chi connectivity index (χ1n) is 10.5. The third kappa shape index (κ3) is 3.54. The number of piperazine rings is 1. The van der Waals surface area contributed by atoms with Crippen molar-refractivity contribution in [3.63, 3.8) is 0 Å². The van der Waals surface area contributed by atoms with Gasteiger partial charge in [-0.3, -0.25) is 9.97 Å². The molecule has 1 spiro atoms. The smallest absolute Gasteiger partial charge is 0.198 e. The quantitative estimate of drug-likeness (QED) is 0.678. The first kappa shape index (κ1) is 19.1. The van der Waals surface area contributed by atoms with Crippen LogP contribution in [0.25, 0.3) is 11.0 Å². The van der Waals surface area contributed by atoms with Crippen molar-refractivity contribution in [2.45, 2.75) is 32.7 Å². The van der Waals surface area contributed by atoms with E-state index in [1.54, 1.807) is 18.6 Å². The van der Waals surface area contributed by atoms with Crippen LogP contribution in [0.15, 0.2) is 47.8 Å². The van der Waals surface area contributed by atoms with Gasteiger partial charge in [0.15, 0.2) is 5.82 Å². The molecule has 1 saturated heterocycles. The molecule has 2 aliphatic rings. The van der Waals surface area contributed by atoms with Crippen LogP contribution < -0.4 is 10.2 Å². The molecule has 3 heterocycles. The molecule has 1 N–H and O–H groups in total. The van der Waals surface area contributed by atoms with E-state index in [1.165, 1.54) is 6.42 Å². The summed E-state index contributed by atoms with van der Waals surface area (Å²) in [6, 6.07) is 7.97. The highest BCUT2D eigenvalue weighted by Crippen LogP contribution is 2.55. The molecule has 1 aliphatic carbocycles. The second-order valence-electron chi connectivity index (χ2n) is 9.43. The molecular weight excluding hydrogens is 374 g/mol. The van der Waals surface area contributed by atoms with E-state index in [-0.39, 0.29) is 5.54 Å². The van der Waals surface area contributed by atoms with Crippen LogP contribution in [0.4, 0.5) is 11.5 Å². The largest absolute Gasteiger partial charge is 0.365 e. The topological polar surface area (TPSA) is 79.2 Å². The van der Waals surface area contributed by atoms with Crippen LogP contribution in [-0.4, -0.2) is 51.6 Å². The normalized spacial score (nSPS) is 24.1. The van der Waals surface area contributed by atoms with Gasteiger partial charge in [-0.25, -0.2) is 4.99 Å². The van der Waals surface area contributed by atoms with Crippen LogP contribution >= 0.6 is 0 Å². The van der Waals surface area contributed by atoms with Crippen LogP contribution in [0.1, 0.15) is 32.8 Å². The molecule has 0 amide bonds. The molecule has 7 heteroatoms. The molecule has 1 aliphatic heterocycles. The summed E-state index contributed by atoms with van der Waals surface area (Å²) in [5.74, 6) is 1.34. The van der Waals surface area contributed by atoms with E-state index in [1.807, 2.05) is 30.5 Å². The molecule has 30 heavy (non-hydrogen) atoms. The molecule has 2 aromatic heterocycles. The summed E-state index contributed by atoms with van der Waals surface area (Å²) >= 11 is 0. The second-order valence-corrected chi connectivity index (χ2v) is 9.43. The van der Waals surface area contributed by atoms with Gasteiger partial charge in [0.25, 0.3) is 0 Å². The van der Waals surface area contributed by atoms with Gasteiger partial charge in [0.05, 0.1) is 22.9 Å². The standard InChI is InChI=1S/C23H27N7/c1-22(2,3)20-13-23(20)15-30(11-10-27-23)19-6-7-28-29-21(19)26-14-16-4-5-17-18(12-16)25-9-8-24-17/h4-9,12,14,20,27H,10-11,13,15H2,1-3H3/b26-14+. The Kier molecular flexibility index (Phi) is 4.50. The number of aromatic nitrogens is 4. The minimum absolute atomic E-state index is 0.206. The van der Waals surface area contributed by atoms with Crippen molar-refractivity contribution in [2.75, 3.05) is 24.5 Å². The molecule has 2 unspecified atom stereocenters. The lowest BCUT2D eigenvalue weighted by Gasteiger charge is -2.38. The molecular formula is C23H27N7. The van der Waals surface area contributed by atoms with E-state index >= 15 is 0 Å². The summed E-state index contributed by atoms with van der Waals surface area (Å²) in [5, 5.41) is 12.2. The van der Waals surface area contributed by atoms with E-state index in [4.69, 9.17) is 0 Å². The van der Waals surface area contributed by atoms with Gasteiger partial charge in [-0.2, -0.15) is 5.10 Å². The lowest BCUT2D eigenvalue weighted by Crippen LogP contribution is -2.54. The zero-order valence-corrected chi connectivity index (χ0v) is 17.7. The zero-order valence-electron chi connectivity index (χ0n) is 17.7. The second kappa shape index (κ2) is 7.09. The summed E-state index contributed by atoms with van der Waals surface area (Å²) < 4.78 is 0. The first-order chi connectivity index (χ1) is 14.4. The molecule has 2 atom stereocenters. The van der Waals surface area contributed by atoms with Gasteiger partial charge in [0.1, 0.15) is 0 Å². The molecule has 154 valence electrons. The van der Waals surface area contributed by atoms with Crippen LogP contribution in [0.5, 0.6) is 0 Å². The SMILES string of the molecule is CC(C)(C)C1CC12CN(c1ccnnc1/N=C/c1ccc3nccnc3c1)CCN2. The molecule has 1 saturated carbocycles. The summed E-state index contributed by atoms with van der Waals surface area (Å²) in [7, 11) is 0. The minimum atomic E-state index is 0.206. The third-order valence-corrected chi connectivity index (χ3v) is 6.30. The predicted molar refractivity (Wildman–Crippen MR) is 119 cm³/mol. The summed E-state index contributed by atoms with van der Waals surface area (Å²) in [5.41, 5.74) is 4.25. The Hall–Kier alpha value is -2.93. The van der Waals surface area contributed by atoms with Crippen molar-refractivity contribution in [3.8, 4) is 0 Å². The maximum Gasteiger partial charge on any atom is 0.198 e. The highest BCUT2D eigenvalue weighted by atomic mass is 15.3. The van der Waals surface area contributed by atoms with Crippen molar-refractivity contribution in [3.05, 3.63) is 48.4 Å². The Balaban J connectivity index is 1.39. The van der Waals surface area contributed by atoms with Gasteiger partial charge in [-0.1, -0.05) is 26.8 Å². The van der Waals surface area contributed by atoms with Crippen molar-refractivity contribution in [2.24, 2.45) is 16.3 Å². The monoisotopic (exact) mass is 401 g/mol. The summed E-state index contributed by atoms with van der Waals surface area (Å²) in [4.78, 5) is 15.8. The Morgan fingerprint density at radius 2 is 1.97 bits per heavy atom. The minimum Gasteiger partial charge on any atom is -0.365 e. The molecule has 1 aromatic carbocycles. The summed E-state index contributed by atoms with van der Waals surface area (Å²) in [6.07, 6.45) is 8.21. The first-order valence-corrected chi connectivity index (χ1v) is 10.5. The van der Waals surface area contributed by atoms with Crippen LogP contribution in [0, 0.1) is 11.3 Å². The van der Waals surface area contributed by atoms with E-state index < -0.39 is 0 Å². The number of rotatable bonds is 3.